The summed E-state index contributed by atoms with van der Waals surface area (Å²) in [5.41, 5.74) is 1.80. The Bertz CT molecular complexity index is 1010. The van der Waals surface area contributed by atoms with Crippen LogP contribution in [0.4, 0.5) is 0 Å². The minimum absolute atomic E-state index is 0.00405. The molecule has 0 saturated carbocycles. The first kappa shape index (κ1) is 18.0. The minimum atomic E-state index is -1.14. The van der Waals surface area contributed by atoms with E-state index in [0.717, 1.165) is 0 Å². The molecule has 0 unspecified atom stereocenters. The monoisotopic (exact) mass is 364 g/mol. The normalized spacial score (nSPS) is 10.9. The molecule has 6 nitrogen and oxygen atoms in total. The summed E-state index contributed by atoms with van der Waals surface area (Å²) in [4.78, 5) is 23.2. The number of carbonyl (C=O) groups is 2. The molecule has 1 heterocycles. The van der Waals surface area contributed by atoms with Gasteiger partial charge in [-0.3, -0.25) is 4.79 Å². The van der Waals surface area contributed by atoms with E-state index in [4.69, 9.17) is 14.3 Å². The van der Waals surface area contributed by atoms with E-state index in [-0.39, 0.29) is 17.3 Å². The van der Waals surface area contributed by atoms with Crippen molar-refractivity contribution >= 4 is 17.8 Å². The summed E-state index contributed by atoms with van der Waals surface area (Å²) in [6.07, 6.45) is 3.01. The van der Waals surface area contributed by atoms with Gasteiger partial charge in [0.1, 0.15) is 5.76 Å². The molecular weight excluding hydrogens is 348 g/mol. The van der Waals surface area contributed by atoms with E-state index in [1.807, 2.05) is 0 Å². The zero-order chi connectivity index (χ0) is 19.4. The largest absolute Gasteiger partial charge is 0.504 e. The first-order valence-electron chi connectivity index (χ1n) is 8.01. The van der Waals surface area contributed by atoms with Crippen molar-refractivity contribution in [2.75, 3.05) is 7.11 Å². The maximum Gasteiger partial charge on any atom is 0.371 e. The number of ketones is 1. The Morgan fingerprint density at radius 2 is 1.78 bits per heavy atom. The highest BCUT2D eigenvalue weighted by Crippen LogP contribution is 2.27. The van der Waals surface area contributed by atoms with Crippen LogP contribution in [0.1, 0.15) is 26.5 Å². The number of rotatable bonds is 6. The van der Waals surface area contributed by atoms with Crippen LogP contribution >= 0.6 is 0 Å². The molecule has 0 bridgehead atoms. The highest BCUT2D eigenvalue weighted by atomic mass is 16.5. The summed E-state index contributed by atoms with van der Waals surface area (Å²) in [5.74, 6) is -0.717. The van der Waals surface area contributed by atoms with Crippen LogP contribution < -0.4 is 4.74 Å². The number of aromatic hydroxyl groups is 1. The number of ether oxygens (including phenoxy) is 1. The van der Waals surface area contributed by atoms with Crippen molar-refractivity contribution in [3.05, 3.63) is 77.6 Å². The summed E-state index contributed by atoms with van der Waals surface area (Å²) in [7, 11) is 1.46. The molecule has 6 heteroatoms. The molecule has 0 aliphatic heterocycles. The lowest BCUT2D eigenvalue weighted by molar-refractivity contribution is 0.0663. The molecule has 2 N–H and O–H groups in total. The van der Waals surface area contributed by atoms with Gasteiger partial charge in [-0.1, -0.05) is 36.4 Å². The smallest absolute Gasteiger partial charge is 0.371 e. The zero-order valence-electron chi connectivity index (χ0n) is 14.4. The maximum absolute atomic E-state index is 12.3. The molecular formula is C21H16O6. The van der Waals surface area contributed by atoms with Crippen molar-refractivity contribution in [2.45, 2.75) is 0 Å². The predicted octanol–water partition coefficient (Wildman–Crippen LogP) is 4.26. The van der Waals surface area contributed by atoms with Gasteiger partial charge in [0.15, 0.2) is 17.3 Å². The third kappa shape index (κ3) is 4.07. The average molecular weight is 364 g/mol. The van der Waals surface area contributed by atoms with Crippen LogP contribution in [0.15, 0.2) is 65.1 Å². The molecule has 0 amide bonds. The maximum atomic E-state index is 12.3. The van der Waals surface area contributed by atoms with Gasteiger partial charge in [-0.2, -0.15) is 0 Å². The van der Waals surface area contributed by atoms with Crippen LogP contribution in [-0.2, 0) is 0 Å². The highest BCUT2D eigenvalue weighted by molar-refractivity contribution is 6.07. The Hall–Kier alpha value is -3.80. The van der Waals surface area contributed by atoms with Gasteiger partial charge >= 0.3 is 5.97 Å². The number of phenolic OH excluding ortho intramolecular Hbond substituents is 1. The number of carboxylic acid groups (broad SMARTS) is 1. The number of hydrogen-bond acceptors (Lipinski definition) is 5. The van der Waals surface area contributed by atoms with E-state index in [1.54, 1.807) is 48.5 Å². The van der Waals surface area contributed by atoms with E-state index in [1.165, 1.54) is 25.3 Å². The molecule has 2 aromatic carbocycles. The van der Waals surface area contributed by atoms with E-state index >= 15 is 0 Å². The van der Waals surface area contributed by atoms with Crippen molar-refractivity contribution in [2.24, 2.45) is 0 Å². The Morgan fingerprint density at radius 1 is 1.04 bits per heavy atom. The van der Waals surface area contributed by atoms with E-state index in [2.05, 4.69) is 0 Å². The van der Waals surface area contributed by atoms with Crippen LogP contribution in [0.3, 0.4) is 0 Å². The molecule has 136 valence electrons. The van der Waals surface area contributed by atoms with Crippen LogP contribution in [0.25, 0.3) is 17.4 Å². The number of carbonyl (C=O) groups excluding carboxylic acids is 1. The lowest BCUT2D eigenvalue weighted by Crippen LogP contribution is -1.94. The standard InChI is InChI=1S/C21H16O6/c1-26-19-9-3-13(12-17(19)23)2-8-16(22)14-4-6-15(7-5-14)18-10-11-20(27-18)21(24)25/h2-12,23H,1H3,(H,24,25). The van der Waals surface area contributed by atoms with Gasteiger partial charge in [-0.05, 0) is 35.9 Å². The van der Waals surface area contributed by atoms with E-state index < -0.39 is 5.97 Å². The fourth-order valence-electron chi connectivity index (χ4n) is 2.49. The molecule has 0 aliphatic rings. The second-order valence-electron chi connectivity index (χ2n) is 5.68. The molecule has 3 aromatic rings. The van der Waals surface area contributed by atoms with Crippen LogP contribution in [0.2, 0.25) is 0 Å². The van der Waals surface area contributed by atoms with Gasteiger partial charge < -0.3 is 19.4 Å². The molecule has 0 saturated heterocycles. The predicted molar refractivity (Wildman–Crippen MR) is 99.1 cm³/mol. The molecule has 0 aliphatic carbocycles. The highest BCUT2D eigenvalue weighted by Gasteiger charge is 2.11. The molecule has 0 radical (unpaired) electrons. The van der Waals surface area contributed by atoms with Crippen molar-refractivity contribution in [1.82, 2.24) is 0 Å². The van der Waals surface area contributed by atoms with Gasteiger partial charge in [-0.15, -0.1) is 0 Å². The molecule has 27 heavy (non-hydrogen) atoms. The van der Waals surface area contributed by atoms with Gasteiger partial charge in [-0.25, -0.2) is 4.79 Å². The second kappa shape index (κ2) is 7.61. The van der Waals surface area contributed by atoms with Gasteiger partial charge in [0.05, 0.1) is 7.11 Å². The van der Waals surface area contributed by atoms with Crippen LogP contribution in [-0.4, -0.2) is 29.1 Å². The second-order valence-corrected chi connectivity index (χ2v) is 5.68. The lowest BCUT2D eigenvalue weighted by atomic mass is 10.1. The summed E-state index contributed by atoms with van der Waals surface area (Å²) in [6, 6.07) is 14.4. The third-order valence-corrected chi connectivity index (χ3v) is 3.90. The Labute approximate surface area is 155 Å². The van der Waals surface area contributed by atoms with Crippen molar-refractivity contribution in [3.8, 4) is 22.8 Å². The fraction of sp³-hybridized carbons (Fsp3) is 0.0476. The molecule has 0 atom stereocenters. The molecule has 1 aromatic heterocycles. The van der Waals surface area contributed by atoms with Gasteiger partial charge in [0, 0.05) is 11.1 Å². The minimum Gasteiger partial charge on any atom is -0.504 e. The molecule has 0 spiro atoms. The topological polar surface area (TPSA) is 97.0 Å². The SMILES string of the molecule is COc1ccc(C=CC(=O)c2ccc(-c3ccc(C(=O)O)o3)cc2)cc1O. The van der Waals surface area contributed by atoms with E-state index in [9.17, 15) is 14.7 Å². The van der Waals surface area contributed by atoms with Crippen LogP contribution in [0.5, 0.6) is 11.5 Å². The third-order valence-electron chi connectivity index (χ3n) is 3.90. The van der Waals surface area contributed by atoms with Crippen molar-refractivity contribution in [1.29, 1.82) is 0 Å². The number of benzene rings is 2. The first-order chi connectivity index (χ1) is 13.0. The van der Waals surface area contributed by atoms with E-state index in [0.29, 0.717) is 28.2 Å². The lowest BCUT2D eigenvalue weighted by Gasteiger charge is -2.03. The zero-order valence-corrected chi connectivity index (χ0v) is 14.4. The number of allylic oxidation sites excluding steroid dienone is 1. The summed E-state index contributed by atoms with van der Waals surface area (Å²) >= 11 is 0. The molecule has 0 fully saturated rings. The number of furan rings is 1. The number of aromatic carboxylic acids is 1. The average Bonchev–Trinajstić information content (AvgIpc) is 3.17. The first-order valence-corrected chi connectivity index (χ1v) is 8.01. The summed E-state index contributed by atoms with van der Waals surface area (Å²) in [6.45, 7) is 0. The Morgan fingerprint density at radius 3 is 2.37 bits per heavy atom. The summed E-state index contributed by atoms with van der Waals surface area (Å²) in [5, 5.41) is 18.7. The van der Waals surface area contributed by atoms with Crippen molar-refractivity contribution in [3.63, 3.8) is 0 Å². The number of phenols is 1. The number of carboxylic acids is 1. The summed E-state index contributed by atoms with van der Waals surface area (Å²) < 4.78 is 10.2. The van der Waals surface area contributed by atoms with Crippen molar-refractivity contribution < 1.29 is 29.0 Å². The fourth-order valence-corrected chi connectivity index (χ4v) is 2.49. The Balaban J connectivity index is 1.73. The number of hydrogen-bond donors (Lipinski definition) is 2. The Kier molecular flexibility index (Phi) is 5.08. The number of methoxy groups -OCH3 is 1. The van der Waals surface area contributed by atoms with Gasteiger partial charge in [0.2, 0.25) is 5.76 Å². The van der Waals surface area contributed by atoms with Crippen LogP contribution in [0, 0.1) is 0 Å². The molecule has 3 rings (SSSR count). The quantitative estimate of drug-likeness (QED) is 0.501. The van der Waals surface area contributed by atoms with Gasteiger partial charge in [0.25, 0.3) is 0 Å².